The summed E-state index contributed by atoms with van der Waals surface area (Å²) in [5.41, 5.74) is 1.73. The molecule has 0 spiro atoms. The van der Waals surface area contributed by atoms with Crippen molar-refractivity contribution in [3.63, 3.8) is 0 Å². The molecule has 0 aliphatic carbocycles. The molecular formula is C19H29IN4O2S2. The third-order valence-corrected chi connectivity index (χ3v) is 6.47. The Kier molecular flexibility index (Phi) is 11.0. The van der Waals surface area contributed by atoms with Crippen LogP contribution >= 0.6 is 35.3 Å². The molecule has 1 atom stereocenters. The molecule has 0 aliphatic rings. The van der Waals surface area contributed by atoms with Crippen molar-refractivity contribution in [3.8, 4) is 0 Å². The average molecular weight is 537 g/mol. The van der Waals surface area contributed by atoms with Crippen LogP contribution in [-0.4, -0.2) is 34.5 Å². The Balaban J connectivity index is 0.00000392. The number of nitrogens with zero attached hydrogens (tertiary/aromatic N) is 1. The van der Waals surface area contributed by atoms with Crippen molar-refractivity contribution in [1.82, 2.24) is 15.4 Å². The highest BCUT2D eigenvalue weighted by atomic mass is 127. The molecular weight excluding hydrogens is 507 g/mol. The lowest BCUT2D eigenvalue weighted by molar-refractivity contribution is 0.587. The summed E-state index contributed by atoms with van der Waals surface area (Å²) in [7, 11) is -1.85. The highest BCUT2D eigenvalue weighted by molar-refractivity contribution is 14.0. The van der Waals surface area contributed by atoms with Crippen molar-refractivity contribution in [2.24, 2.45) is 4.99 Å². The van der Waals surface area contributed by atoms with Gasteiger partial charge in [-0.15, -0.1) is 35.3 Å². The number of hydrogen-bond acceptors (Lipinski definition) is 4. The van der Waals surface area contributed by atoms with Crippen LogP contribution in [0.5, 0.6) is 0 Å². The Bertz CT molecular complexity index is 839. The minimum atomic E-state index is -3.28. The predicted octanol–water partition coefficient (Wildman–Crippen LogP) is 3.27. The molecule has 0 saturated carbocycles. The zero-order chi connectivity index (χ0) is 19.7. The van der Waals surface area contributed by atoms with E-state index in [1.807, 2.05) is 31.2 Å². The molecule has 1 unspecified atom stereocenters. The Morgan fingerprint density at radius 1 is 1.18 bits per heavy atom. The SMILES string of the molecule is CCNC(=NCc1cccc(CS(=O)(=O)NC)c1)NCC(C)c1cccs1.I. The molecule has 1 heterocycles. The fraction of sp³-hybridized carbons (Fsp3) is 0.421. The fourth-order valence-electron chi connectivity index (χ4n) is 2.54. The van der Waals surface area contributed by atoms with E-state index < -0.39 is 10.0 Å². The lowest BCUT2D eigenvalue weighted by atomic mass is 10.1. The van der Waals surface area contributed by atoms with Crippen molar-refractivity contribution < 1.29 is 8.42 Å². The molecule has 0 amide bonds. The molecule has 0 saturated heterocycles. The molecule has 1 aromatic carbocycles. The maximum atomic E-state index is 11.7. The first kappa shape index (κ1) is 24.9. The van der Waals surface area contributed by atoms with Crippen molar-refractivity contribution in [2.45, 2.75) is 32.1 Å². The number of thiophene rings is 1. The van der Waals surface area contributed by atoms with Gasteiger partial charge in [0.05, 0.1) is 12.3 Å². The van der Waals surface area contributed by atoms with Crippen molar-refractivity contribution >= 4 is 51.3 Å². The summed E-state index contributed by atoms with van der Waals surface area (Å²) in [5.74, 6) is 1.13. The largest absolute Gasteiger partial charge is 0.357 e. The monoisotopic (exact) mass is 536 g/mol. The van der Waals surface area contributed by atoms with E-state index >= 15 is 0 Å². The van der Waals surface area contributed by atoms with Crippen LogP contribution in [0.2, 0.25) is 0 Å². The summed E-state index contributed by atoms with van der Waals surface area (Å²) < 4.78 is 25.8. The Morgan fingerprint density at radius 3 is 2.57 bits per heavy atom. The topological polar surface area (TPSA) is 82.6 Å². The number of rotatable bonds is 9. The quantitative estimate of drug-likeness (QED) is 0.261. The van der Waals surface area contributed by atoms with E-state index in [4.69, 9.17) is 0 Å². The average Bonchev–Trinajstić information content (AvgIpc) is 3.18. The molecule has 6 nitrogen and oxygen atoms in total. The van der Waals surface area contributed by atoms with Crippen molar-refractivity contribution in [3.05, 3.63) is 57.8 Å². The van der Waals surface area contributed by atoms with E-state index in [1.54, 1.807) is 11.3 Å². The van der Waals surface area contributed by atoms with Crippen LogP contribution in [0, 0.1) is 0 Å². The first-order valence-electron chi connectivity index (χ1n) is 8.98. The maximum absolute atomic E-state index is 11.7. The molecule has 156 valence electrons. The Morgan fingerprint density at radius 2 is 1.93 bits per heavy atom. The standard InChI is InChI=1S/C19H28N4O2S2.HI/c1-4-21-19(22-12-15(2)18-9-6-10-26-18)23-13-16-7-5-8-17(11-16)14-27(24,25)20-3;/h5-11,15,20H,4,12-14H2,1-3H3,(H2,21,22,23);1H. The summed E-state index contributed by atoms with van der Waals surface area (Å²) in [6.07, 6.45) is 0. The third-order valence-electron chi connectivity index (χ3n) is 4.03. The first-order chi connectivity index (χ1) is 12.9. The van der Waals surface area contributed by atoms with Gasteiger partial charge in [-0.25, -0.2) is 18.1 Å². The van der Waals surface area contributed by atoms with Gasteiger partial charge in [-0.3, -0.25) is 0 Å². The van der Waals surface area contributed by atoms with Gasteiger partial charge in [0.15, 0.2) is 5.96 Å². The Hall–Kier alpha value is -1.17. The van der Waals surface area contributed by atoms with Gasteiger partial charge in [0, 0.05) is 23.9 Å². The second-order valence-electron chi connectivity index (χ2n) is 6.28. The first-order valence-corrected chi connectivity index (χ1v) is 11.5. The highest BCUT2D eigenvalue weighted by Gasteiger charge is 2.09. The van der Waals surface area contributed by atoms with Gasteiger partial charge in [-0.2, -0.15) is 0 Å². The molecule has 9 heteroatoms. The minimum Gasteiger partial charge on any atom is -0.357 e. The molecule has 1 aromatic heterocycles. The van der Waals surface area contributed by atoms with Gasteiger partial charge in [0.1, 0.15) is 0 Å². The van der Waals surface area contributed by atoms with Gasteiger partial charge in [0.2, 0.25) is 10.0 Å². The summed E-state index contributed by atoms with van der Waals surface area (Å²) in [5, 5.41) is 8.72. The lowest BCUT2D eigenvalue weighted by Crippen LogP contribution is -2.39. The summed E-state index contributed by atoms with van der Waals surface area (Å²) in [6, 6.07) is 11.7. The number of benzene rings is 1. The number of hydrogen-bond donors (Lipinski definition) is 3. The minimum absolute atomic E-state index is 0. The molecule has 0 aliphatic heterocycles. The molecule has 0 radical (unpaired) electrons. The molecule has 0 bridgehead atoms. The summed E-state index contributed by atoms with van der Waals surface area (Å²) in [4.78, 5) is 5.97. The van der Waals surface area contributed by atoms with Crippen LogP contribution in [0.4, 0.5) is 0 Å². The van der Waals surface area contributed by atoms with Crippen LogP contribution in [0.3, 0.4) is 0 Å². The fourth-order valence-corrected chi connectivity index (χ4v) is 4.09. The number of nitrogens with one attached hydrogen (secondary N) is 3. The van der Waals surface area contributed by atoms with E-state index in [0.717, 1.165) is 30.2 Å². The molecule has 28 heavy (non-hydrogen) atoms. The molecule has 0 fully saturated rings. The van der Waals surface area contributed by atoms with Crippen LogP contribution in [0.25, 0.3) is 0 Å². The highest BCUT2D eigenvalue weighted by Crippen LogP contribution is 2.19. The molecule has 2 rings (SSSR count). The molecule has 3 N–H and O–H groups in total. The second-order valence-corrected chi connectivity index (χ2v) is 9.18. The van der Waals surface area contributed by atoms with E-state index in [-0.39, 0.29) is 29.7 Å². The normalized spacial score (nSPS) is 12.9. The van der Waals surface area contributed by atoms with Crippen molar-refractivity contribution in [1.29, 1.82) is 0 Å². The second kappa shape index (κ2) is 12.4. The van der Waals surface area contributed by atoms with Gasteiger partial charge < -0.3 is 10.6 Å². The number of guanidine groups is 1. The number of aliphatic imine (C=N–C) groups is 1. The predicted molar refractivity (Wildman–Crippen MR) is 129 cm³/mol. The Labute approximate surface area is 189 Å². The third kappa shape index (κ3) is 8.46. The van der Waals surface area contributed by atoms with E-state index in [2.05, 4.69) is 44.8 Å². The smallest absolute Gasteiger partial charge is 0.215 e. The maximum Gasteiger partial charge on any atom is 0.215 e. The van der Waals surface area contributed by atoms with Gasteiger partial charge in [-0.05, 0) is 36.5 Å². The zero-order valence-corrected chi connectivity index (χ0v) is 20.4. The van der Waals surface area contributed by atoms with E-state index in [0.29, 0.717) is 12.5 Å². The van der Waals surface area contributed by atoms with Crippen molar-refractivity contribution in [2.75, 3.05) is 20.1 Å². The van der Waals surface area contributed by atoms with Gasteiger partial charge >= 0.3 is 0 Å². The van der Waals surface area contributed by atoms with Gasteiger partial charge in [0.25, 0.3) is 0 Å². The summed E-state index contributed by atoms with van der Waals surface area (Å²) >= 11 is 1.76. The van der Waals surface area contributed by atoms with E-state index in [9.17, 15) is 8.42 Å². The zero-order valence-electron chi connectivity index (χ0n) is 16.4. The van der Waals surface area contributed by atoms with Crippen LogP contribution in [0.15, 0.2) is 46.8 Å². The van der Waals surface area contributed by atoms with Crippen LogP contribution in [0.1, 0.15) is 35.8 Å². The van der Waals surface area contributed by atoms with Gasteiger partial charge in [-0.1, -0.05) is 37.3 Å². The number of sulfonamides is 1. The van der Waals surface area contributed by atoms with Crippen LogP contribution < -0.4 is 15.4 Å². The van der Waals surface area contributed by atoms with E-state index in [1.165, 1.54) is 11.9 Å². The van der Waals surface area contributed by atoms with Crippen LogP contribution in [-0.2, 0) is 22.3 Å². The summed E-state index contributed by atoms with van der Waals surface area (Å²) in [6.45, 7) is 6.28. The number of halogens is 1. The lowest BCUT2D eigenvalue weighted by Gasteiger charge is -2.15. The molecule has 2 aromatic rings.